The third-order valence-electron chi connectivity index (χ3n) is 2.99. The summed E-state index contributed by atoms with van der Waals surface area (Å²) in [6, 6.07) is 9.37. The molecule has 10 heteroatoms. The van der Waals surface area contributed by atoms with Crippen molar-refractivity contribution in [3.8, 4) is 22.9 Å². The standard InChI is InChI=1S/C14H10N4O5S/c19-12(20)7-24-14-15-13(16-17-14)11-6-5-10(23-11)8-1-3-9(4-2-8)18(21)22/h1-6H,7H2,(H,19,20)(H,15,16,17). The molecule has 0 radical (unpaired) electrons. The fraction of sp³-hybridized carbons (Fsp3) is 0.0714. The van der Waals surface area contributed by atoms with Crippen molar-refractivity contribution in [1.82, 2.24) is 15.2 Å². The number of H-pyrrole nitrogens is 1. The Labute approximate surface area is 138 Å². The maximum absolute atomic E-state index is 10.7. The zero-order valence-electron chi connectivity index (χ0n) is 12.0. The van der Waals surface area contributed by atoms with Crippen molar-refractivity contribution in [1.29, 1.82) is 0 Å². The number of nitro benzene ring substituents is 1. The van der Waals surface area contributed by atoms with E-state index in [0.717, 1.165) is 11.8 Å². The van der Waals surface area contributed by atoms with E-state index in [0.29, 0.717) is 28.1 Å². The van der Waals surface area contributed by atoms with E-state index in [2.05, 4.69) is 15.2 Å². The van der Waals surface area contributed by atoms with Crippen LogP contribution in [0.15, 0.2) is 46.0 Å². The number of nitro groups is 1. The fourth-order valence-corrected chi connectivity index (χ4v) is 2.43. The van der Waals surface area contributed by atoms with Gasteiger partial charge in [-0.15, -0.1) is 5.10 Å². The van der Waals surface area contributed by atoms with Crippen molar-refractivity contribution in [2.24, 2.45) is 0 Å². The van der Waals surface area contributed by atoms with Gasteiger partial charge in [-0.3, -0.25) is 20.0 Å². The molecule has 0 fully saturated rings. The highest BCUT2D eigenvalue weighted by atomic mass is 32.2. The molecule has 0 aliphatic heterocycles. The Kier molecular flexibility index (Phi) is 4.29. The van der Waals surface area contributed by atoms with Gasteiger partial charge in [-0.2, -0.15) is 4.98 Å². The van der Waals surface area contributed by atoms with Crippen LogP contribution in [-0.2, 0) is 4.79 Å². The molecule has 0 atom stereocenters. The molecule has 0 saturated carbocycles. The zero-order valence-corrected chi connectivity index (χ0v) is 12.8. The van der Waals surface area contributed by atoms with Gasteiger partial charge in [0.15, 0.2) is 11.6 Å². The first-order valence-electron chi connectivity index (χ1n) is 6.65. The molecule has 9 nitrogen and oxygen atoms in total. The number of nitrogens with zero attached hydrogens (tertiary/aromatic N) is 3. The number of hydrogen-bond acceptors (Lipinski definition) is 7. The molecule has 3 rings (SSSR count). The van der Waals surface area contributed by atoms with Crippen molar-refractivity contribution >= 4 is 23.4 Å². The van der Waals surface area contributed by atoms with E-state index in [-0.39, 0.29) is 11.4 Å². The summed E-state index contributed by atoms with van der Waals surface area (Å²) in [7, 11) is 0. The number of carboxylic acids is 1. The van der Waals surface area contributed by atoms with Gasteiger partial charge in [0.2, 0.25) is 5.16 Å². The summed E-state index contributed by atoms with van der Waals surface area (Å²) in [4.78, 5) is 24.9. The lowest BCUT2D eigenvalue weighted by Gasteiger charge is -1.96. The predicted octanol–water partition coefficient (Wildman–Crippen LogP) is 2.82. The second-order valence-corrected chi connectivity index (χ2v) is 5.56. The van der Waals surface area contributed by atoms with E-state index >= 15 is 0 Å². The number of carbonyl (C=O) groups is 1. The van der Waals surface area contributed by atoms with E-state index in [1.807, 2.05) is 0 Å². The molecule has 0 aliphatic carbocycles. The second kappa shape index (κ2) is 6.54. The molecule has 0 saturated heterocycles. The minimum Gasteiger partial charge on any atom is -0.481 e. The molecule has 0 unspecified atom stereocenters. The zero-order chi connectivity index (χ0) is 17.1. The van der Waals surface area contributed by atoms with Crippen LogP contribution < -0.4 is 0 Å². The van der Waals surface area contributed by atoms with Crippen molar-refractivity contribution < 1.29 is 19.2 Å². The van der Waals surface area contributed by atoms with E-state index in [4.69, 9.17) is 9.52 Å². The van der Waals surface area contributed by atoms with Crippen molar-refractivity contribution in [3.63, 3.8) is 0 Å². The van der Waals surface area contributed by atoms with Crippen molar-refractivity contribution in [2.75, 3.05) is 5.75 Å². The molecule has 122 valence electrons. The molecule has 0 aliphatic rings. The lowest BCUT2D eigenvalue weighted by atomic mass is 10.1. The summed E-state index contributed by atoms with van der Waals surface area (Å²) in [5, 5.41) is 26.2. The number of furan rings is 1. The minimum atomic E-state index is -0.954. The van der Waals surface area contributed by atoms with Gasteiger partial charge in [0.05, 0.1) is 10.7 Å². The van der Waals surface area contributed by atoms with E-state index in [9.17, 15) is 14.9 Å². The third kappa shape index (κ3) is 3.43. The average Bonchev–Trinajstić information content (AvgIpc) is 3.22. The number of carboxylic acid groups (broad SMARTS) is 1. The second-order valence-electron chi connectivity index (χ2n) is 4.62. The van der Waals surface area contributed by atoms with E-state index in [1.54, 1.807) is 24.3 Å². The average molecular weight is 346 g/mol. The van der Waals surface area contributed by atoms with Gasteiger partial charge in [0.25, 0.3) is 5.69 Å². The molecule has 0 amide bonds. The van der Waals surface area contributed by atoms with Crippen LogP contribution in [0, 0.1) is 10.1 Å². The quantitative estimate of drug-likeness (QED) is 0.395. The number of aromatic amines is 1. The van der Waals surface area contributed by atoms with Gasteiger partial charge in [-0.1, -0.05) is 11.8 Å². The van der Waals surface area contributed by atoms with Crippen LogP contribution in [0.5, 0.6) is 0 Å². The van der Waals surface area contributed by atoms with E-state index in [1.165, 1.54) is 12.1 Å². The highest BCUT2D eigenvalue weighted by Gasteiger charge is 2.13. The highest BCUT2D eigenvalue weighted by molar-refractivity contribution is 7.99. The number of hydrogen-bond donors (Lipinski definition) is 2. The lowest BCUT2D eigenvalue weighted by molar-refractivity contribution is -0.384. The van der Waals surface area contributed by atoms with Gasteiger partial charge >= 0.3 is 5.97 Å². The Balaban J connectivity index is 1.78. The molecule has 2 N–H and O–H groups in total. The van der Waals surface area contributed by atoms with Crippen LogP contribution in [-0.4, -0.2) is 36.9 Å². The summed E-state index contributed by atoms with van der Waals surface area (Å²) in [6.07, 6.45) is 0. The van der Waals surface area contributed by atoms with Crippen LogP contribution in [0.2, 0.25) is 0 Å². The van der Waals surface area contributed by atoms with Gasteiger partial charge in [0, 0.05) is 17.7 Å². The van der Waals surface area contributed by atoms with E-state index < -0.39 is 10.9 Å². The Bertz CT molecular complexity index is 887. The van der Waals surface area contributed by atoms with Crippen LogP contribution >= 0.6 is 11.8 Å². The number of nitrogens with one attached hydrogen (secondary N) is 1. The third-order valence-corrected chi connectivity index (χ3v) is 3.82. The van der Waals surface area contributed by atoms with Crippen molar-refractivity contribution in [2.45, 2.75) is 5.16 Å². The summed E-state index contributed by atoms with van der Waals surface area (Å²) >= 11 is 0.993. The van der Waals surface area contributed by atoms with Gasteiger partial charge in [-0.25, -0.2) is 0 Å². The number of rotatable bonds is 6. The SMILES string of the molecule is O=C(O)CSc1n[nH]c(-c2ccc(-c3ccc([N+](=O)[O-])cc3)o2)n1. The summed E-state index contributed by atoms with van der Waals surface area (Å²) < 4.78 is 5.67. The molecular formula is C14H10N4O5S. The Morgan fingerprint density at radius 1 is 1.25 bits per heavy atom. The number of thioether (sulfide) groups is 1. The molecule has 24 heavy (non-hydrogen) atoms. The predicted molar refractivity (Wildman–Crippen MR) is 84.5 cm³/mol. The summed E-state index contributed by atoms with van der Waals surface area (Å²) in [5.74, 6) is 0.235. The van der Waals surface area contributed by atoms with Crippen LogP contribution in [0.25, 0.3) is 22.9 Å². The highest BCUT2D eigenvalue weighted by Crippen LogP contribution is 2.28. The monoisotopic (exact) mass is 346 g/mol. The van der Waals surface area contributed by atoms with Gasteiger partial charge in [0.1, 0.15) is 5.76 Å². The summed E-state index contributed by atoms with van der Waals surface area (Å²) in [5.41, 5.74) is 0.688. The molecule has 0 bridgehead atoms. The number of benzene rings is 1. The Morgan fingerprint density at radius 3 is 2.62 bits per heavy atom. The molecule has 3 aromatic rings. The maximum atomic E-state index is 10.7. The minimum absolute atomic E-state index is 0.000797. The maximum Gasteiger partial charge on any atom is 0.313 e. The first-order valence-corrected chi connectivity index (χ1v) is 7.63. The van der Waals surface area contributed by atoms with Gasteiger partial charge < -0.3 is 9.52 Å². The van der Waals surface area contributed by atoms with Crippen LogP contribution in [0.3, 0.4) is 0 Å². The topological polar surface area (TPSA) is 135 Å². The largest absolute Gasteiger partial charge is 0.481 e. The Morgan fingerprint density at radius 2 is 1.96 bits per heavy atom. The Hall–Kier alpha value is -3.14. The smallest absolute Gasteiger partial charge is 0.313 e. The fourth-order valence-electron chi connectivity index (χ4n) is 1.92. The van der Waals surface area contributed by atoms with Gasteiger partial charge in [-0.05, 0) is 24.3 Å². The van der Waals surface area contributed by atoms with Crippen molar-refractivity contribution in [3.05, 3.63) is 46.5 Å². The molecule has 2 heterocycles. The van der Waals surface area contributed by atoms with Crippen LogP contribution in [0.4, 0.5) is 5.69 Å². The normalized spacial score (nSPS) is 10.7. The first kappa shape index (κ1) is 15.7. The summed E-state index contributed by atoms with van der Waals surface area (Å²) in [6.45, 7) is 0. The number of aromatic nitrogens is 3. The van der Waals surface area contributed by atoms with Crippen LogP contribution in [0.1, 0.15) is 0 Å². The number of non-ortho nitro benzene ring substituents is 1. The molecule has 1 aromatic carbocycles. The molecule has 2 aromatic heterocycles. The molecule has 0 spiro atoms. The lowest BCUT2D eigenvalue weighted by Crippen LogP contribution is -1.97. The first-order chi connectivity index (χ1) is 11.5. The molecular weight excluding hydrogens is 336 g/mol. The number of aliphatic carboxylic acids is 1.